The molecule has 14 heavy (non-hydrogen) atoms. The molecule has 1 aromatic heterocycles. The van der Waals surface area contributed by atoms with Gasteiger partial charge in [0, 0.05) is 5.41 Å². The lowest BCUT2D eigenvalue weighted by Crippen LogP contribution is -2.13. The van der Waals surface area contributed by atoms with Crippen molar-refractivity contribution in [3.05, 3.63) is 11.7 Å². The highest BCUT2D eigenvalue weighted by Gasteiger charge is 2.21. The van der Waals surface area contributed by atoms with Gasteiger partial charge in [-0.05, 0) is 0 Å². The molecule has 0 aromatic carbocycles. The van der Waals surface area contributed by atoms with Gasteiger partial charge in [0.2, 0.25) is 5.89 Å². The highest BCUT2D eigenvalue weighted by atomic mass is 16.5. The van der Waals surface area contributed by atoms with Gasteiger partial charge in [-0.25, -0.2) is 0 Å². The maximum Gasteiger partial charge on any atom is 0.315 e. The summed E-state index contributed by atoms with van der Waals surface area (Å²) in [5.74, 6) is 0.507. The van der Waals surface area contributed by atoms with E-state index in [1.165, 1.54) is 7.11 Å². The smallest absolute Gasteiger partial charge is 0.315 e. The molecule has 1 aromatic rings. The molecule has 0 unspecified atom stereocenters. The number of aromatic nitrogens is 2. The minimum absolute atomic E-state index is 0.0274. The number of hydrogen-bond acceptors (Lipinski definition) is 5. The van der Waals surface area contributed by atoms with Crippen molar-refractivity contribution in [2.45, 2.75) is 32.6 Å². The first kappa shape index (κ1) is 10.7. The van der Waals surface area contributed by atoms with Crippen molar-refractivity contribution in [1.82, 2.24) is 10.1 Å². The zero-order chi connectivity index (χ0) is 10.8. The third-order valence-electron chi connectivity index (χ3n) is 1.66. The summed E-state index contributed by atoms with van der Waals surface area (Å²) >= 11 is 0. The van der Waals surface area contributed by atoms with Crippen LogP contribution in [0.15, 0.2) is 4.52 Å². The summed E-state index contributed by atoms with van der Waals surface area (Å²) in [5.41, 5.74) is -0.169. The molecule has 0 bridgehead atoms. The van der Waals surface area contributed by atoms with Gasteiger partial charge in [-0.1, -0.05) is 25.9 Å². The van der Waals surface area contributed by atoms with Crippen molar-refractivity contribution >= 4 is 5.97 Å². The summed E-state index contributed by atoms with van der Waals surface area (Å²) in [6, 6.07) is 0. The number of rotatable bonds is 2. The molecule has 0 fully saturated rings. The van der Waals surface area contributed by atoms with Gasteiger partial charge in [-0.3, -0.25) is 4.79 Å². The molecule has 5 heteroatoms. The molecule has 0 aliphatic carbocycles. The molecule has 0 aliphatic rings. The first-order chi connectivity index (χ1) is 6.43. The van der Waals surface area contributed by atoms with Gasteiger partial charge in [0.1, 0.15) is 6.42 Å². The Balaban J connectivity index is 2.74. The minimum Gasteiger partial charge on any atom is -0.469 e. The van der Waals surface area contributed by atoms with E-state index in [9.17, 15) is 4.79 Å². The highest BCUT2D eigenvalue weighted by Crippen LogP contribution is 2.18. The number of carbonyl (C=O) groups is 1. The van der Waals surface area contributed by atoms with Crippen LogP contribution in [0.1, 0.15) is 32.5 Å². The number of hydrogen-bond donors (Lipinski definition) is 0. The van der Waals surface area contributed by atoms with Crippen molar-refractivity contribution in [3.8, 4) is 0 Å². The maximum absolute atomic E-state index is 10.9. The molecular weight excluding hydrogens is 184 g/mol. The second-order valence-electron chi connectivity index (χ2n) is 4.01. The van der Waals surface area contributed by atoms with Gasteiger partial charge in [0.25, 0.3) is 0 Å². The summed E-state index contributed by atoms with van der Waals surface area (Å²) in [4.78, 5) is 15.0. The van der Waals surface area contributed by atoms with Crippen LogP contribution >= 0.6 is 0 Å². The van der Waals surface area contributed by atoms with E-state index in [1.807, 2.05) is 20.8 Å². The van der Waals surface area contributed by atoms with E-state index in [2.05, 4.69) is 14.9 Å². The lowest BCUT2D eigenvalue weighted by atomic mass is 9.96. The molecule has 78 valence electrons. The molecule has 5 nitrogen and oxygen atoms in total. The van der Waals surface area contributed by atoms with Crippen molar-refractivity contribution in [2.24, 2.45) is 0 Å². The van der Waals surface area contributed by atoms with Crippen LogP contribution in [-0.4, -0.2) is 23.2 Å². The third-order valence-corrected chi connectivity index (χ3v) is 1.66. The molecule has 1 rings (SSSR count). The van der Waals surface area contributed by atoms with Crippen LogP contribution in [0.3, 0.4) is 0 Å². The molecule has 1 heterocycles. The SMILES string of the molecule is COC(=O)Cc1nc(C(C)(C)C)no1. The standard InChI is InChI=1S/C9H14N2O3/c1-9(2,3)8-10-6(14-11-8)5-7(12)13-4/h5H2,1-4H3. The second kappa shape index (κ2) is 3.77. The summed E-state index contributed by atoms with van der Waals surface area (Å²) < 4.78 is 9.38. The van der Waals surface area contributed by atoms with E-state index in [0.29, 0.717) is 11.7 Å². The average Bonchev–Trinajstić information content (AvgIpc) is 2.51. The van der Waals surface area contributed by atoms with Crippen LogP contribution in [0, 0.1) is 0 Å². The number of methoxy groups -OCH3 is 1. The fourth-order valence-electron chi connectivity index (χ4n) is 0.827. The van der Waals surface area contributed by atoms with Gasteiger partial charge in [0.05, 0.1) is 7.11 Å². The first-order valence-corrected chi connectivity index (χ1v) is 4.33. The normalized spacial score (nSPS) is 11.4. The van der Waals surface area contributed by atoms with E-state index in [1.54, 1.807) is 0 Å². The minimum atomic E-state index is -0.380. The second-order valence-corrected chi connectivity index (χ2v) is 4.01. The van der Waals surface area contributed by atoms with Crippen molar-refractivity contribution in [1.29, 1.82) is 0 Å². The predicted octanol–water partition coefficient (Wildman–Crippen LogP) is 1.08. The first-order valence-electron chi connectivity index (χ1n) is 4.33. The van der Waals surface area contributed by atoms with Crippen molar-refractivity contribution < 1.29 is 14.1 Å². The van der Waals surface area contributed by atoms with Crippen LogP contribution in [0.2, 0.25) is 0 Å². The van der Waals surface area contributed by atoms with Crippen LogP contribution < -0.4 is 0 Å². The molecule has 0 radical (unpaired) electrons. The summed E-state index contributed by atoms with van der Waals surface area (Å²) in [6.45, 7) is 5.92. The molecular formula is C9H14N2O3. The Morgan fingerprint density at radius 2 is 2.14 bits per heavy atom. The van der Waals surface area contributed by atoms with Gasteiger partial charge < -0.3 is 9.26 Å². The van der Waals surface area contributed by atoms with E-state index >= 15 is 0 Å². The van der Waals surface area contributed by atoms with Crippen LogP contribution in [0.25, 0.3) is 0 Å². The number of carbonyl (C=O) groups excluding carboxylic acids is 1. The summed E-state index contributed by atoms with van der Waals surface area (Å²) in [6.07, 6.45) is 0.0274. The van der Waals surface area contributed by atoms with E-state index in [-0.39, 0.29) is 17.8 Å². The summed E-state index contributed by atoms with van der Waals surface area (Å²) in [5, 5.41) is 3.78. The zero-order valence-electron chi connectivity index (χ0n) is 8.83. The highest BCUT2D eigenvalue weighted by molar-refractivity contribution is 5.71. The largest absolute Gasteiger partial charge is 0.469 e. The monoisotopic (exact) mass is 198 g/mol. The van der Waals surface area contributed by atoms with Crippen molar-refractivity contribution in [2.75, 3.05) is 7.11 Å². The fraction of sp³-hybridized carbons (Fsp3) is 0.667. The third kappa shape index (κ3) is 2.55. The lowest BCUT2D eigenvalue weighted by molar-refractivity contribution is -0.140. The molecule has 0 saturated carbocycles. The zero-order valence-corrected chi connectivity index (χ0v) is 8.83. The number of nitrogens with zero attached hydrogens (tertiary/aromatic N) is 2. The van der Waals surface area contributed by atoms with Crippen molar-refractivity contribution in [3.63, 3.8) is 0 Å². The van der Waals surface area contributed by atoms with Gasteiger partial charge in [-0.15, -0.1) is 0 Å². The Morgan fingerprint density at radius 3 is 2.57 bits per heavy atom. The molecule has 0 N–H and O–H groups in total. The van der Waals surface area contributed by atoms with E-state index < -0.39 is 0 Å². The predicted molar refractivity (Wildman–Crippen MR) is 48.7 cm³/mol. The Hall–Kier alpha value is -1.39. The van der Waals surface area contributed by atoms with Crippen LogP contribution in [0.5, 0.6) is 0 Å². The van der Waals surface area contributed by atoms with Crippen LogP contribution in [-0.2, 0) is 21.4 Å². The molecule has 0 saturated heterocycles. The molecule has 0 atom stereocenters. The van der Waals surface area contributed by atoms with Gasteiger partial charge in [-0.2, -0.15) is 4.98 Å². The molecule has 0 aliphatic heterocycles. The number of esters is 1. The number of ether oxygens (including phenoxy) is 1. The lowest BCUT2D eigenvalue weighted by Gasteiger charge is -2.10. The van der Waals surface area contributed by atoms with Gasteiger partial charge in [0.15, 0.2) is 5.82 Å². The Morgan fingerprint density at radius 1 is 1.50 bits per heavy atom. The van der Waals surface area contributed by atoms with E-state index in [4.69, 9.17) is 4.52 Å². The molecule has 0 amide bonds. The summed E-state index contributed by atoms with van der Waals surface area (Å²) in [7, 11) is 1.32. The Kier molecular flexibility index (Phi) is 2.88. The molecule has 0 spiro atoms. The maximum atomic E-state index is 10.9. The topological polar surface area (TPSA) is 65.2 Å². The quantitative estimate of drug-likeness (QED) is 0.665. The fourth-order valence-corrected chi connectivity index (χ4v) is 0.827. The van der Waals surface area contributed by atoms with E-state index in [0.717, 1.165) is 0 Å². The average molecular weight is 198 g/mol. The van der Waals surface area contributed by atoms with Gasteiger partial charge >= 0.3 is 5.97 Å². The Bertz CT molecular complexity index is 325. The van der Waals surface area contributed by atoms with Crippen LogP contribution in [0.4, 0.5) is 0 Å². The Labute approximate surface area is 82.4 Å².